The topological polar surface area (TPSA) is 53.4 Å². The monoisotopic (exact) mass is 343 g/mol. The molecule has 6 nitrogen and oxygen atoms in total. The summed E-state index contributed by atoms with van der Waals surface area (Å²) in [5.74, 6) is 0.896. The molecule has 1 aliphatic rings. The second-order valence-corrected chi connectivity index (χ2v) is 6.92. The zero-order valence-corrected chi connectivity index (χ0v) is 15.4. The van der Waals surface area contributed by atoms with Gasteiger partial charge >= 0.3 is 6.03 Å². The van der Waals surface area contributed by atoms with Crippen LogP contribution in [-0.4, -0.2) is 58.6 Å². The molecule has 3 rings (SSSR count). The van der Waals surface area contributed by atoms with Crippen molar-refractivity contribution >= 4 is 17.1 Å². The number of aromatic nitrogens is 2. The zero-order valence-electron chi connectivity index (χ0n) is 15.4. The Kier molecular flexibility index (Phi) is 5.91. The third-order valence-electron chi connectivity index (χ3n) is 4.98. The SMILES string of the molecule is CN(Cc1nc2ccccc2n1C)C(=O)NCCCN1CCCCC1. The van der Waals surface area contributed by atoms with Crippen molar-refractivity contribution in [2.45, 2.75) is 32.2 Å². The molecule has 6 heteroatoms. The van der Waals surface area contributed by atoms with Gasteiger partial charge in [-0.15, -0.1) is 0 Å². The highest BCUT2D eigenvalue weighted by atomic mass is 16.2. The van der Waals surface area contributed by atoms with E-state index < -0.39 is 0 Å². The molecule has 0 aliphatic carbocycles. The molecule has 1 fully saturated rings. The molecule has 25 heavy (non-hydrogen) atoms. The van der Waals surface area contributed by atoms with Crippen LogP contribution in [0.2, 0.25) is 0 Å². The van der Waals surface area contributed by atoms with Crippen molar-refractivity contribution in [3.63, 3.8) is 0 Å². The van der Waals surface area contributed by atoms with Crippen LogP contribution in [0.5, 0.6) is 0 Å². The summed E-state index contributed by atoms with van der Waals surface area (Å²) in [5, 5.41) is 3.02. The van der Waals surface area contributed by atoms with Crippen LogP contribution < -0.4 is 5.32 Å². The van der Waals surface area contributed by atoms with E-state index in [0.29, 0.717) is 6.54 Å². The van der Waals surface area contributed by atoms with E-state index in [-0.39, 0.29) is 6.03 Å². The number of amides is 2. The number of rotatable bonds is 6. The minimum Gasteiger partial charge on any atom is -0.338 e. The molecule has 1 saturated heterocycles. The fourth-order valence-corrected chi connectivity index (χ4v) is 3.44. The van der Waals surface area contributed by atoms with E-state index in [4.69, 9.17) is 0 Å². The Morgan fingerprint density at radius 2 is 2.00 bits per heavy atom. The van der Waals surface area contributed by atoms with Crippen LogP contribution in [0.15, 0.2) is 24.3 Å². The molecule has 0 unspecified atom stereocenters. The number of para-hydroxylation sites is 2. The number of carbonyl (C=O) groups is 1. The van der Waals surface area contributed by atoms with Crippen molar-refractivity contribution in [2.24, 2.45) is 7.05 Å². The smallest absolute Gasteiger partial charge is 0.317 e. The standard InChI is InChI=1S/C19H29N5O/c1-22(15-18-21-16-9-4-5-10-17(16)23(18)2)19(25)20-11-8-14-24-12-6-3-7-13-24/h4-5,9-10H,3,6-8,11-15H2,1-2H3,(H,20,25). The number of nitrogens with zero attached hydrogens (tertiary/aromatic N) is 4. The van der Waals surface area contributed by atoms with Gasteiger partial charge in [0, 0.05) is 20.6 Å². The lowest BCUT2D eigenvalue weighted by molar-refractivity contribution is 0.201. The number of nitrogens with one attached hydrogen (secondary N) is 1. The van der Waals surface area contributed by atoms with E-state index in [1.807, 2.05) is 38.4 Å². The molecule has 0 radical (unpaired) electrons. The average molecular weight is 343 g/mol. The molecule has 1 N–H and O–H groups in total. The van der Waals surface area contributed by atoms with Crippen molar-refractivity contribution in [3.05, 3.63) is 30.1 Å². The number of imidazole rings is 1. The molecule has 0 spiro atoms. The van der Waals surface area contributed by atoms with Gasteiger partial charge in [0.2, 0.25) is 0 Å². The highest BCUT2D eigenvalue weighted by molar-refractivity contribution is 5.76. The van der Waals surface area contributed by atoms with Gasteiger partial charge in [-0.2, -0.15) is 0 Å². The van der Waals surface area contributed by atoms with Crippen molar-refractivity contribution in [1.82, 2.24) is 24.7 Å². The van der Waals surface area contributed by atoms with E-state index in [9.17, 15) is 4.79 Å². The summed E-state index contributed by atoms with van der Waals surface area (Å²) in [4.78, 5) is 21.1. The Hall–Kier alpha value is -2.08. The molecular weight excluding hydrogens is 314 g/mol. The van der Waals surface area contributed by atoms with E-state index in [0.717, 1.165) is 36.4 Å². The lowest BCUT2D eigenvalue weighted by Crippen LogP contribution is -2.39. The van der Waals surface area contributed by atoms with Gasteiger partial charge in [0.05, 0.1) is 17.6 Å². The molecule has 1 aliphatic heterocycles. The largest absolute Gasteiger partial charge is 0.338 e. The number of aryl methyl sites for hydroxylation is 1. The number of urea groups is 1. The first-order chi connectivity index (χ1) is 12.1. The molecule has 0 saturated carbocycles. The number of fused-ring (bicyclic) bond motifs is 1. The minimum atomic E-state index is -0.0364. The van der Waals surface area contributed by atoms with Crippen LogP contribution in [0, 0.1) is 0 Å². The second kappa shape index (κ2) is 8.34. The van der Waals surface area contributed by atoms with Crippen LogP contribution in [0.1, 0.15) is 31.5 Å². The number of hydrogen-bond donors (Lipinski definition) is 1. The maximum atomic E-state index is 12.3. The predicted octanol–water partition coefficient (Wildman–Crippen LogP) is 2.59. The van der Waals surface area contributed by atoms with Crippen LogP contribution in [0.3, 0.4) is 0 Å². The van der Waals surface area contributed by atoms with Crippen LogP contribution in [0.4, 0.5) is 4.79 Å². The van der Waals surface area contributed by atoms with Crippen LogP contribution >= 0.6 is 0 Å². The first kappa shape index (κ1) is 17.7. The summed E-state index contributed by atoms with van der Waals surface area (Å²) < 4.78 is 2.05. The Labute approximate surface area is 149 Å². The van der Waals surface area contributed by atoms with Crippen molar-refractivity contribution in [3.8, 4) is 0 Å². The van der Waals surface area contributed by atoms with Gasteiger partial charge in [-0.05, 0) is 51.0 Å². The van der Waals surface area contributed by atoms with Gasteiger partial charge in [-0.25, -0.2) is 9.78 Å². The summed E-state index contributed by atoms with van der Waals surface area (Å²) in [7, 11) is 3.81. The number of likely N-dealkylation sites (tertiary alicyclic amines) is 1. The Bertz CT molecular complexity index is 705. The molecule has 2 heterocycles. The third kappa shape index (κ3) is 4.51. The van der Waals surface area contributed by atoms with Crippen molar-refractivity contribution in [1.29, 1.82) is 0 Å². The zero-order chi connectivity index (χ0) is 17.6. The van der Waals surface area contributed by atoms with Gasteiger partial charge in [-0.3, -0.25) is 0 Å². The van der Waals surface area contributed by atoms with Crippen molar-refractivity contribution < 1.29 is 4.79 Å². The van der Waals surface area contributed by atoms with Crippen molar-refractivity contribution in [2.75, 3.05) is 33.2 Å². The fourth-order valence-electron chi connectivity index (χ4n) is 3.44. The Morgan fingerprint density at radius 3 is 2.76 bits per heavy atom. The summed E-state index contributed by atoms with van der Waals surface area (Å²) in [6, 6.07) is 8.00. The first-order valence-electron chi connectivity index (χ1n) is 9.27. The number of hydrogen-bond acceptors (Lipinski definition) is 3. The number of benzene rings is 1. The van der Waals surface area contributed by atoms with Gasteiger partial charge in [0.1, 0.15) is 5.82 Å². The van der Waals surface area contributed by atoms with E-state index in [1.54, 1.807) is 4.90 Å². The molecule has 2 aromatic rings. The first-order valence-corrected chi connectivity index (χ1v) is 9.27. The lowest BCUT2D eigenvalue weighted by atomic mass is 10.1. The Morgan fingerprint density at radius 1 is 1.24 bits per heavy atom. The maximum absolute atomic E-state index is 12.3. The van der Waals surface area contributed by atoms with Gasteiger partial charge in [0.25, 0.3) is 0 Å². The quantitative estimate of drug-likeness (QED) is 0.820. The van der Waals surface area contributed by atoms with Gasteiger partial charge in [-0.1, -0.05) is 18.6 Å². The summed E-state index contributed by atoms with van der Waals surface area (Å²) in [5.41, 5.74) is 2.06. The Balaban J connectivity index is 1.44. The maximum Gasteiger partial charge on any atom is 0.317 e. The predicted molar refractivity (Wildman–Crippen MR) is 100 cm³/mol. The van der Waals surface area contributed by atoms with E-state index in [2.05, 4.69) is 19.8 Å². The summed E-state index contributed by atoms with van der Waals surface area (Å²) in [6.07, 6.45) is 4.99. The fraction of sp³-hybridized carbons (Fsp3) is 0.579. The third-order valence-corrected chi connectivity index (χ3v) is 4.98. The normalized spacial score (nSPS) is 15.4. The van der Waals surface area contributed by atoms with Gasteiger partial charge in [0.15, 0.2) is 0 Å². The highest BCUT2D eigenvalue weighted by Gasteiger charge is 2.14. The van der Waals surface area contributed by atoms with Gasteiger partial charge < -0.3 is 19.7 Å². The molecular formula is C19H29N5O. The highest BCUT2D eigenvalue weighted by Crippen LogP contribution is 2.15. The molecule has 2 amide bonds. The number of piperidine rings is 1. The molecule has 0 bridgehead atoms. The lowest BCUT2D eigenvalue weighted by Gasteiger charge is -2.26. The molecule has 136 valence electrons. The average Bonchev–Trinajstić information content (AvgIpc) is 2.95. The van der Waals surface area contributed by atoms with Crippen LogP contribution in [-0.2, 0) is 13.6 Å². The molecule has 1 aromatic carbocycles. The second-order valence-electron chi connectivity index (χ2n) is 6.92. The van der Waals surface area contributed by atoms with E-state index >= 15 is 0 Å². The summed E-state index contributed by atoms with van der Waals surface area (Å²) in [6.45, 7) is 4.72. The number of carbonyl (C=O) groups excluding carboxylic acids is 1. The van der Waals surface area contributed by atoms with E-state index in [1.165, 1.54) is 32.4 Å². The summed E-state index contributed by atoms with van der Waals surface area (Å²) >= 11 is 0. The molecule has 1 aromatic heterocycles. The van der Waals surface area contributed by atoms with Crippen LogP contribution in [0.25, 0.3) is 11.0 Å². The minimum absolute atomic E-state index is 0.0364. The molecule has 0 atom stereocenters.